The Balaban J connectivity index is 2.82. The van der Waals surface area contributed by atoms with Gasteiger partial charge in [0.15, 0.2) is 0 Å². The number of anilines is 1. The average Bonchev–Trinajstić information content (AvgIpc) is 2.17. The summed E-state index contributed by atoms with van der Waals surface area (Å²) in [5.74, 6) is 0.505. The third-order valence-electron chi connectivity index (χ3n) is 1.97. The predicted molar refractivity (Wildman–Crippen MR) is 62.0 cm³/mol. The van der Waals surface area contributed by atoms with Crippen LogP contribution in [0.2, 0.25) is 0 Å². The number of carbonyl (C=O) groups excluding carboxylic acids is 1. The smallest absolute Gasteiger partial charge is 0.325 e. The van der Waals surface area contributed by atoms with E-state index in [4.69, 9.17) is 0 Å². The SMILES string of the molecule is COC(=O)CN(C)c1ncc(Br)cc1C. The van der Waals surface area contributed by atoms with Crippen molar-refractivity contribution in [3.8, 4) is 0 Å². The number of aromatic nitrogens is 1. The van der Waals surface area contributed by atoms with E-state index in [9.17, 15) is 4.79 Å². The number of carbonyl (C=O) groups is 1. The molecule has 0 bridgehead atoms. The van der Waals surface area contributed by atoms with E-state index in [0.29, 0.717) is 0 Å². The number of halogens is 1. The summed E-state index contributed by atoms with van der Waals surface area (Å²) in [6, 6.07) is 1.95. The Kier molecular flexibility index (Phi) is 4.08. The Morgan fingerprint density at radius 1 is 1.67 bits per heavy atom. The van der Waals surface area contributed by atoms with Gasteiger partial charge in [0.1, 0.15) is 12.4 Å². The minimum absolute atomic E-state index is 0.200. The highest BCUT2D eigenvalue weighted by molar-refractivity contribution is 9.10. The van der Waals surface area contributed by atoms with Crippen molar-refractivity contribution in [1.29, 1.82) is 0 Å². The van der Waals surface area contributed by atoms with Gasteiger partial charge in [0.25, 0.3) is 0 Å². The number of hydrogen-bond donors (Lipinski definition) is 0. The van der Waals surface area contributed by atoms with Crippen LogP contribution in [0.15, 0.2) is 16.7 Å². The Hall–Kier alpha value is -1.10. The molecule has 0 saturated heterocycles. The number of hydrogen-bond acceptors (Lipinski definition) is 4. The van der Waals surface area contributed by atoms with Gasteiger partial charge in [0.2, 0.25) is 0 Å². The highest BCUT2D eigenvalue weighted by atomic mass is 79.9. The molecule has 0 saturated carbocycles. The Morgan fingerprint density at radius 2 is 2.33 bits per heavy atom. The van der Waals surface area contributed by atoms with E-state index in [1.165, 1.54) is 7.11 Å². The van der Waals surface area contributed by atoms with Crippen LogP contribution in [0.1, 0.15) is 5.56 Å². The van der Waals surface area contributed by atoms with Crippen LogP contribution in [0.3, 0.4) is 0 Å². The van der Waals surface area contributed by atoms with Crippen molar-refractivity contribution in [1.82, 2.24) is 4.98 Å². The quantitative estimate of drug-likeness (QED) is 0.787. The van der Waals surface area contributed by atoms with Crippen LogP contribution in [-0.4, -0.2) is 31.7 Å². The number of nitrogens with zero attached hydrogens (tertiary/aromatic N) is 2. The van der Waals surface area contributed by atoms with Crippen LogP contribution in [0.5, 0.6) is 0 Å². The van der Waals surface area contributed by atoms with Crippen molar-refractivity contribution in [2.24, 2.45) is 0 Å². The molecule has 0 spiro atoms. The summed E-state index contributed by atoms with van der Waals surface area (Å²) in [4.78, 5) is 17.1. The van der Waals surface area contributed by atoms with E-state index in [-0.39, 0.29) is 12.5 Å². The fraction of sp³-hybridized carbons (Fsp3) is 0.400. The normalized spacial score (nSPS) is 9.87. The molecule has 0 aliphatic carbocycles. The largest absolute Gasteiger partial charge is 0.468 e. The first-order valence-corrected chi connectivity index (χ1v) is 5.24. The summed E-state index contributed by atoms with van der Waals surface area (Å²) in [7, 11) is 3.18. The Labute approximate surface area is 97.4 Å². The number of rotatable bonds is 3. The van der Waals surface area contributed by atoms with E-state index in [1.54, 1.807) is 18.1 Å². The Bertz CT molecular complexity index is 368. The van der Waals surface area contributed by atoms with Gasteiger partial charge in [-0.2, -0.15) is 0 Å². The lowest BCUT2D eigenvalue weighted by atomic mass is 10.3. The second-order valence-corrected chi connectivity index (χ2v) is 4.14. The molecule has 0 aliphatic heterocycles. The highest BCUT2D eigenvalue weighted by Gasteiger charge is 2.10. The number of ether oxygens (including phenoxy) is 1. The maximum absolute atomic E-state index is 11.1. The van der Waals surface area contributed by atoms with Crippen LogP contribution in [0.25, 0.3) is 0 Å². The fourth-order valence-electron chi connectivity index (χ4n) is 1.27. The first-order valence-electron chi connectivity index (χ1n) is 4.44. The summed E-state index contributed by atoms with van der Waals surface area (Å²) in [6.45, 7) is 2.15. The zero-order chi connectivity index (χ0) is 11.4. The van der Waals surface area contributed by atoms with Crippen LogP contribution < -0.4 is 4.90 Å². The van der Waals surface area contributed by atoms with Crippen molar-refractivity contribution in [2.45, 2.75) is 6.92 Å². The van der Waals surface area contributed by atoms with E-state index < -0.39 is 0 Å². The molecule has 4 nitrogen and oxygen atoms in total. The highest BCUT2D eigenvalue weighted by Crippen LogP contribution is 2.19. The monoisotopic (exact) mass is 272 g/mol. The summed E-state index contributed by atoms with van der Waals surface area (Å²) in [5.41, 5.74) is 1.01. The summed E-state index contributed by atoms with van der Waals surface area (Å²) in [5, 5.41) is 0. The van der Waals surface area contributed by atoms with Gasteiger partial charge >= 0.3 is 5.97 Å². The van der Waals surface area contributed by atoms with Gasteiger partial charge in [0.05, 0.1) is 7.11 Å². The van der Waals surface area contributed by atoms with Crippen molar-refractivity contribution in [3.63, 3.8) is 0 Å². The van der Waals surface area contributed by atoms with E-state index in [0.717, 1.165) is 15.9 Å². The van der Waals surface area contributed by atoms with Gasteiger partial charge in [-0.1, -0.05) is 0 Å². The number of aryl methyl sites for hydroxylation is 1. The molecule has 1 rings (SSSR count). The van der Waals surface area contributed by atoms with E-state index in [1.807, 2.05) is 13.0 Å². The maximum Gasteiger partial charge on any atom is 0.325 e. The molecule has 0 aliphatic rings. The topological polar surface area (TPSA) is 42.4 Å². The molecular formula is C10H13BrN2O2. The minimum Gasteiger partial charge on any atom is -0.468 e. The summed E-state index contributed by atoms with van der Waals surface area (Å²) in [6.07, 6.45) is 1.70. The standard InChI is InChI=1S/C10H13BrN2O2/c1-7-4-8(11)5-12-10(7)13(2)6-9(14)15-3/h4-5H,6H2,1-3H3. The number of esters is 1. The first kappa shape index (κ1) is 12.0. The number of methoxy groups -OCH3 is 1. The Morgan fingerprint density at radius 3 is 2.87 bits per heavy atom. The molecule has 0 amide bonds. The molecule has 0 atom stereocenters. The summed E-state index contributed by atoms with van der Waals surface area (Å²) < 4.78 is 5.51. The van der Waals surface area contributed by atoms with Crippen molar-refractivity contribution in [3.05, 3.63) is 22.3 Å². The molecule has 5 heteroatoms. The van der Waals surface area contributed by atoms with Crippen LogP contribution in [0.4, 0.5) is 5.82 Å². The van der Waals surface area contributed by atoms with Gasteiger partial charge in [-0.15, -0.1) is 0 Å². The molecular weight excluding hydrogens is 260 g/mol. The molecule has 0 N–H and O–H groups in total. The van der Waals surface area contributed by atoms with Gasteiger partial charge in [-0.3, -0.25) is 4.79 Å². The van der Waals surface area contributed by atoms with Crippen molar-refractivity contribution < 1.29 is 9.53 Å². The van der Waals surface area contributed by atoms with Crippen LogP contribution in [-0.2, 0) is 9.53 Å². The summed E-state index contributed by atoms with van der Waals surface area (Å²) >= 11 is 3.34. The molecule has 82 valence electrons. The molecule has 0 radical (unpaired) electrons. The van der Waals surface area contributed by atoms with Gasteiger partial charge < -0.3 is 9.64 Å². The lowest BCUT2D eigenvalue weighted by molar-refractivity contribution is -0.138. The fourth-order valence-corrected chi connectivity index (χ4v) is 1.71. The molecule has 0 fully saturated rings. The zero-order valence-electron chi connectivity index (χ0n) is 8.95. The van der Waals surface area contributed by atoms with E-state index >= 15 is 0 Å². The lowest BCUT2D eigenvalue weighted by Crippen LogP contribution is -2.27. The van der Waals surface area contributed by atoms with Gasteiger partial charge in [0, 0.05) is 17.7 Å². The predicted octanol–water partition coefficient (Wildman–Crippen LogP) is 1.76. The van der Waals surface area contributed by atoms with Gasteiger partial charge in [-0.25, -0.2) is 4.98 Å². The molecule has 1 aromatic heterocycles. The molecule has 1 heterocycles. The lowest BCUT2D eigenvalue weighted by Gasteiger charge is -2.18. The second kappa shape index (κ2) is 5.11. The van der Waals surface area contributed by atoms with Crippen LogP contribution >= 0.6 is 15.9 Å². The number of pyridine rings is 1. The zero-order valence-corrected chi connectivity index (χ0v) is 10.5. The average molecular weight is 273 g/mol. The first-order chi connectivity index (χ1) is 7.04. The van der Waals surface area contributed by atoms with Gasteiger partial charge in [-0.05, 0) is 34.5 Å². The van der Waals surface area contributed by atoms with E-state index in [2.05, 4.69) is 25.7 Å². The third-order valence-corrected chi connectivity index (χ3v) is 2.41. The molecule has 0 unspecified atom stereocenters. The van der Waals surface area contributed by atoms with Crippen molar-refractivity contribution >= 4 is 27.7 Å². The third kappa shape index (κ3) is 3.20. The van der Waals surface area contributed by atoms with Crippen molar-refractivity contribution in [2.75, 3.05) is 25.6 Å². The molecule has 1 aromatic rings. The number of likely N-dealkylation sites (N-methyl/N-ethyl adjacent to an activating group) is 1. The minimum atomic E-state index is -0.276. The molecule has 0 aromatic carbocycles. The second-order valence-electron chi connectivity index (χ2n) is 3.23. The molecule has 15 heavy (non-hydrogen) atoms. The maximum atomic E-state index is 11.1. The van der Waals surface area contributed by atoms with Crippen LogP contribution in [0, 0.1) is 6.92 Å².